The summed E-state index contributed by atoms with van der Waals surface area (Å²) in [7, 11) is 1.43. The van der Waals surface area contributed by atoms with Crippen molar-refractivity contribution >= 4 is 5.78 Å². The molecule has 0 aliphatic carbocycles. The summed E-state index contributed by atoms with van der Waals surface area (Å²) >= 11 is 0. The molecule has 20 heavy (non-hydrogen) atoms. The van der Waals surface area contributed by atoms with E-state index < -0.39 is 30.0 Å². The minimum atomic E-state index is -4.26. The lowest BCUT2D eigenvalue weighted by molar-refractivity contribution is -0.137. The smallest absolute Gasteiger partial charge is 0.306 e. The van der Waals surface area contributed by atoms with Gasteiger partial charge < -0.3 is 4.90 Å². The number of hydrogen-bond acceptors (Lipinski definition) is 2. The Balaban J connectivity index is 2.49. The lowest BCUT2D eigenvalue weighted by Crippen LogP contribution is -2.26. The van der Waals surface area contributed by atoms with Crippen molar-refractivity contribution in [3.05, 3.63) is 35.4 Å². The highest BCUT2D eigenvalue weighted by Gasteiger charge is 2.27. The Morgan fingerprint density at radius 2 is 1.85 bits per heavy atom. The van der Waals surface area contributed by atoms with Crippen LogP contribution in [0, 0.1) is 11.6 Å². The number of Topliss-reactive ketones (excluding diaryl/α,β-unsaturated/α-hetero) is 1. The molecule has 0 N–H and O–H groups in total. The quantitative estimate of drug-likeness (QED) is 0.592. The molecule has 0 aromatic heterocycles. The fourth-order valence-corrected chi connectivity index (χ4v) is 1.58. The molecule has 1 aromatic rings. The molecule has 0 atom stereocenters. The van der Waals surface area contributed by atoms with Crippen molar-refractivity contribution in [3.8, 4) is 0 Å². The maximum absolute atomic E-state index is 13.3. The number of ketones is 1. The summed E-state index contributed by atoms with van der Waals surface area (Å²) in [6.07, 6.45) is -5.41. The highest BCUT2D eigenvalue weighted by molar-refractivity contribution is 5.96. The van der Waals surface area contributed by atoms with Gasteiger partial charge in [-0.1, -0.05) is 6.07 Å². The summed E-state index contributed by atoms with van der Waals surface area (Å²) in [5.74, 6) is -2.99. The molecule has 112 valence electrons. The van der Waals surface area contributed by atoms with Crippen molar-refractivity contribution in [3.63, 3.8) is 0 Å². The summed E-state index contributed by atoms with van der Waals surface area (Å²) in [6.45, 7) is -0.201. The van der Waals surface area contributed by atoms with E-state index >= 15 is 0 Å². The van der Waals surface area contributed by atoms with Crippen LogP contribution in [0.1, 0.15) is 23.2 Å². The van der Waals surface area contributed by atoms with Crippen LogP contribution in [0.15, 0.2) is 18.2 Å². The van der Waals surface area contributed by atoms with Crippen molar-refractivity contribution in [1.29, 1.82) is 0 Å². The fraction of sp³-hybridized carbons (Fsp3) is 0.462. The Labute approximate surface area is 113 Å². The van der Waals surface area contributed by atoms with Crippen molar-refractivity contribution in [2.45, 2.75) is 19.0 Å². The number of hydrogen-bond donors (Lipinski definition) is 0. The van der Waals surface area contributed by atoms with Crippen LogP contribution in [-0.2, 0) is 0 Å². The zero-order valence-electron chi connectivity index (χ0n) is 10.8. The molecule has 0 saturated heterocycles. The van der Waals surface area contributed by atoms with Crippen LogP contribution in [0.3, 0.4) is 0 Å². The normalized spacial score (nSPS) is 11.9. The Bertz CT molecular complexity index is 472. The van der Waals surface area contributed by atoms with E-state index in [1.165, 1.54) is 18.0 Å². The van der Waals surface area contributed by atoms with Crippen LogP contribution in [-0.4, -0.2) is 37.0 Å². The van der Waals surface area contributed by atoms with E-state index in [1.807, 2.05) is 0 Å². The van der Waals surface area contributed by atoms with Gasteiger partial charge in [-0.15, -0.1) is 0 Å². The topological polar surface area (TPSA) is 20.3 Å². The van der Waals surface area contributed by atoms with Gasteiger partial charge in [-0.3, -0.25) is 4.79 Å². The van der Waals surface area contributed by atoms with Crippen molar-refractivity contribution < 1.29 is 26.7 Å². The van der Waals surface area contributed by atoms with Gasteiger partial charge in [0.1, 0.15) is 0 Å². The van der Waals surface area contributed by atoms with E-state index in [4.69, 9.17) is 0 Å². The summed E-state index contributed by atoms with van der Waals surface area (Å²) < 4.78 is 62.2. The van der Waals surface area contributed by atoms with Gasteiger partial charge in [0.25, 0.3) is 0 Å². The van der Waals surface area contributed by atoms with Crippen molar-refractivity contribution in [2.24, 2.45) is 0 Å². The summed E-state index contributed by atoms with van der Waals surface area (Å²) in [5.41, 5.74) is -0.380. The molecule has 7 heteroatoms. The standard InChI is InChI=1S/C13H14F5NO/c1-19(8-6-13(16,17)18)7-5-11(20)9-3-2-4-10(14)12(9)15/h2-4H,5-8H2,1H3. The molecule has 0 amide bonds. The molecule has 0 aliphatic rings. The zero-order chi connectivity index (χ0) is 15.3. The van der Waals surface area contributed by atoms with E-state index in [0.29, 0.717) is 0 Å². The van der Waals surface area contributed by atoms with Crippen LogP contribution in [0.2, 0.25) is 0 Å². The highest BCUT2D eigenvalue weighted by Crippen LogP contribution is 2.19. The molecular weight excluding hydrogens is 281 g/mol. The first kappa shape index (κ1) is 16.6. The lowest BCUT2D eigenvalue weighted by atomic mass is 10.1. The Hall–Kier alpha value is -1.50. The predicted octanol–water partition coefficient (Wildman–Crippen LogP) is 3.42. The number of benzene rings is 1. The molecule has 0 spiro atoms. The van der Waals surface area contributed by atoms with Gasteiger partial charge in [-0.05, 0) is 19.2 Å². The average Bonchev–Trinajstić information content (AvgIpc) is 2.36. The Morgan fingerprint density at radius 3 is 2.45 bits per heavy atom. The molecule has 0 heterocycles. The maximum atomic E-state index is 13.3. The summed E-state index contributed by atoms with van der Waals surface area (Å²) in [6, 6.07) is 3.25. The van der Waals surface area contributed by atoms with Crippen molar-refractivity contribution in [2.75, 3.05) is 20.1 Å². The maximum Gasteiger partial charge on any atom is 0.390 e. The molecule has 1 aromatic carbocycles. The number of nitrogens with zero attached hydrogens (tertiary/aromatic N) is 1. The van der Waals surface area contributed by atoms with Gasteiger partial charge >= 0.3 is 6.18 Å². The van der Waals surface area contributed by atoms with E-state index in [9.17, 15) is 26.7 Å². The first-order valence-electron chi connectivity index (χ1n) is 5.93. The molecule has 0 saturated carbocycles. The highest BCUT2D eigenvalue weighted by atomic mass is 19.4. The second-order valence-electron chi connectivity index (χ2n) is 4.44. The second-order valence-corrected chi connectivity index (χ2v) is 4.44. The minimum absolute atomic E-state index is 0.0465. The van der Waals surface area contributed by atoms with Crippen LogP contribution in [0.4, 0.5) is 22.0 Å². The molecule has 0 unspecified atom stereocenters. The van der Waals surface area contributed by atoms with Crippen LogP contribution < -0.4 is 0 Å². The van der Waals surface area contributed by atoms with Gasteiger partial charge in [0, 0.05) is 19.5 Å². The third-order valence-corrected chi connectivity index (χ3v) is 2.75. The summed E-state index contributed by atoms with van der Waals surface area (Å²) in [4.78, 5) is 13.0. The first-order valence-corrected chi connectivity index (χ1v) is 5.93. The van der Waals surface area contributed by atoms with Gasteiger partial charge in [0.05, 0.1) is 12.0 Å². The molecular formula is C13H14F5NO. The molecule has 0 bridgehead atoms. The number of carbonyl (C=O) groups excluding carboxylic acids is 1. The average molecular weight is 295 g/mol. The number of halogens is 5. The fourth-order valence-electron chi connectivity index (χ4n) is 1.58. The SMILES string of the molecule is CN(CCC(=O)c1cccc(F)c1F)CCC(F)(F)F. The van der Waals surface area contributed by atoms with Gasteiger partial charge in [0.2, 0.25) is 0 Å². The van der Waals surface area contributed by atoms with E-state index in [2.05, 4.69) is 0 Å². The molecule has 0 aliphatic heterocycles. The van der Waals surface area contributed by atoms with Gasteiger partial charge in [-0.25, -0.2) is 8.78 Å². The van der Waals surface area contributed by atoms with Gasteiger partial charge in [-0.2, -0.15) is 13.2 Å². The first-order chi connectivity index (χ1) is 9.20. The predicted molar refractivity (Wildman–Crippen MR) is 63.5 cm³/mol. The largest absolute Gasteiger partial charge is 0.390 e. The molecule has 2 nitrogen and oxygen atoms in total. The number of rotatable bonds is 6. The van der Waals surface area contributed by atoms with Crippen LogP contribution >= 0.6 is 0 Å². The lowest BCUT2D eigenvalue weighted by Gasteiger charge is -2.17. The summed E-state index contributed by atoms with van der Waals surface area (Å²) in [5, 5.41) is 0. The van der Waals surface area contributed by atoms with Crippen LogP contribution in [0.5, 0.6) is 0 Å². The third-order valence-electron chi connectivity index (χ3n) is 2.75. The van der Waals surface area contributed by atoms with Crippen LogP contribution in [0.25, 0.3) is 0 Å². The molecule has 0 radical (unpaired) electrons. The number of carbonyl (C=O) groups is 1. The van der Waals surface area contributed by atoms with Gasteiger partial charge in [0.15, 0.2) is 17.4 Å². The zero-order valence-corrected chi connectivity index (χ0v) is 10.8. The van der Waals surface area contributed by atoms with Crippen molar-refractivity contribution in [1.82, 2.24) is 4.90 Å². The monoisotopic (exact) mass is 295 g/mol. The van der Waals surface area contributed by atoms with E-state index in [-0.39, 0.29) is 25.1 Å². The third kappa shape index (κ3) is 5.24. The van der Waals surface area contributed by atoms with E-state index in [1.54, 1.807) is 0 Å². The number of alkyl halides is 3. The molecule has 1 rings (SSSR count). The van der Waals surface area contributed by atoms with E-state index in [0.717, 1.165) is 12.1 Å². The minimum Gasteiger partial charge on any atom is -0.306 e. The Kier molecular flexibility index (Phi) is 5.62. The Morgan fingerprint density at radius 1 is 1.20 bits per heavy atom. The molecule has 0 fully saturated rings. The second kappa shape index (κ2) is 6.78.